The molecule has 0 aromatic heterocycles. The minimum Gasteiger partial charge on any atom is -0.348 e. The zero-order chi connectivity index (χ0) is 18.5. The summed E-state index contributed by atoms with van der Waals surface area (Å²) in [5.41, 5.74) is 4.91. The van der Waals surface area contributed by atoms with Crippen molar-refractivity contribution in [2.75, 3.05) is 5.32 Å². The van der Waals surface area contributed by atoms with Gasteiger partial charge in [0, 0.05) is 36.9 Å². The first kappa shape index (κ1) is 17.9. The second-order valence-corrected chi connectivity index (χ2v) is 6.72. The molecule has 1 heterocycles. The van der Waals surface area contributed by atoms with E-state index in [1.54, 1.807) is 24.3 Å². The molecule has 0 saturated heterocycles. The number of benzene rings is 2. The van der Waals surface area contributed by atoms with Gasteiger partial charge < -0.3 is 21.3 Å². The van der Waals surface area contributed by atoms with Crippen LogP contribution in [0.5, 0.6) is 0 Å². The van der Waals surface area contributed by atoms with Crippen molar-refractivity contribution < 1.29 is 9.59 Å². The topological polar surface area (TPSA) is 82.3 Å². The van der Waals surface area contributed by atoms with Crippen molar-refractivity contribution in [2.24, 2.45) is 0 Å². The van der Waals surface area contributed by atoms with E-state index in [4.69, 9.17) is 0 Å². The highest BCUT2D eigenvalue weighted by molar-refractivity contribution is 5.95. The number of amides is 3. The number of hydrogen-bond acceptors (Lipinski definition) is 3. The van der Waals surface area contributed by atoms with Crippen molar-refractivity contribution in [1.29, 1.82) is 0 Å². The van der Waals surface area contributed by atoms with Crippen LogP contribution in [0, 0.1) is 0 Å². The van der Waals surface area contributed by atoms with Gasteiger partial charge in [0.1, 0.15) is 0 Å². The Morgan fingerprint density at radius 3 is 2.50 bits per heavy atom. The zero-order valence-corrected chi connectivity index (χ0v) is 15.1. The van der Waals surface area contributed by atoms with Crippen molar-refractivity contribution in [2.45, 2.75) is 39.5 Å². The van der Waals surface area contributed by atoms with Crippen LogP contribution in [0.25, 0.3) is 0 Å². The van der Waals surface area contributed by atoms with Gasteiger partial charge in [-0.25, -0.2) is 4.79 Å². The highest BCUT2D eigenvalue weighted by Gasteiger charge is 2.11. The van der Waals surface area contributed by atoms with Crippen molar-refractivity contribution in [3.05, 3.63) is 64.7 Å². The first-order valence-corrected chi connectivity index (χ1v) is 8.78. The number of carbonyl (C=O) groups is 2. The van der Waals surface area contributed by atoms with Crippen LogP contribution in [-0.4, -0.2) is 18.0 Å². The van der Waals surface area contributed by atoms with Gasteiger partial charge in [0.2, 0.25) is 0 Å². The van der Waals surface area contributed by atoms with Crippen LogP contribution in [-0.2, 0) is 19.6 Å². The van der Waals surface area contributed by atoms with E-state index in [0.29, 0.717) is 17.8 Å². The van der Waals surface area contributed by atoms with Gasteiger partial charge in [-0.1, -0.05) is 18.2 Å². The van der Waals surface area contributed by atoms with Crippen molar-refractivity contribution in [3.8, 4) is 0 Å². The highest BCUT2D eigenvalue weighted by atomic mass is 16.2. The molecular formula is C20H24N4O2. The fourth-order valence-corrected chi connectivity index (χ4v) is 2.88. The van der Waals surface area contributed by atoms with Gasteiger partial charge in [0.05, 0.1) is 0 Å². The fourth-order valence-electron chi connectivity index (χ4n) is 2.88. The summed E-state index contributed by atoms with van der Waals surface area (Å²) in [4.78, 5) is 24.0. The Bertz CT molecular complexity index is 800. The lowest BCUT2D eigenvalue weighted by Gasteiger charge is -2.11. The lowest BCUT2D eigenvalue weighted by molar-refractivity contribution is 0.0951. The van der Waals surface area contributed by atoms with Crippen molar-refractivity contribution in [3.63, 3.8) is 0 Å². The van der Waals surface area contributed by atoms with E-state index in [-0.39, 0.29) is 18.0 Å². The second kappa shape index (κ2) is 8.01. The van der Waals surface area contributed by atoms with E-state index >= 15 is 0 Å². The second-order valence-electron chi connectivity index (χ2n) is 6.72. The highest BCUT2D eigenvalue weighted by Crippen LogP contribution is 2.17. The number of rotatable bonds is 5. The molecule has 1 aliphatic heterocycles. The molecule has 6 nitrogen and oxygen atoms in total. The molecule has 0 saturated carbocycles. The molecule has 2 aromatic carbocycles. The summed E-state index contributed by atoms with van der Waals surface area (Å²) in [7, 11) is 0. The molecule has 0 spiro atoms. The maximum Gasteiger partial charge on any atom is 0.319 e. The van der Waals surface area contributed by atoms with E-state index in [1.807, 2.05) is 19.9 Å². The molecule has 0 atom stereocenters. The van der Waals surface area contributed by atoms with Crippen LogP contribution in [0.1, 0.15) is 40.9 Å². The Labute approximate surface area is 153 Å². The Kier molecular flexibility index (Phi) is 5.53. The third kappa shape index (κ3) is 4.61. The molecule has 3 rings (SSSR count). The van der Waals surface area contributed by atoms with Crippen LogP contribution < -0.4 is 21.3 Å². The number of anilines is 1. The van der Waals surface area contributed by atoms with E-state index in [9.17, 15) is 9.59 Å². The molecular weight excluding hydrogens is 328 g/mol. The monoisotopic (exact) mass is 352 g/mol. The molecule has 136 valence electrons. The lowest BCUT2D eigenvalue weighted by Crippen LogP contribution is -2.34. The van der Waals surface area contributed by atoms with Gasteiger partial charge in [-0.05, 0) is 54.8 Å². The predicted molar refractivity (Wildman–Crippen MR) is 102 cm³/mol. The first-order valence-electron chi connectivity index (χ1n) is 8.78. The van der Waals surface area contributed by atoms with Gasteiger partial charge in [0.25, 0.3) is 5.91 Å². The minimum atomic E-state index is -0.261. The lowest BCUT2D eigenvalue weighted by atomic mass is 10.1. The largest absolute Gasteiger partial charge is 0.348 e. The SMILES string of the molecule is CC(C)NC(=O)Nc1ccc(C(=O)NCc2ccc3c(c2)CNC3)cc1. The number of fused-ring (bicyclic) bond motifs is 1. The van der Waals surface area contributed by atoms with Gasteiger partial charge in [0.15, 0.2) is 0 Å². The molecule has 0 bridgehead atoms. The molecule has 3 amide bonds. The maximum absolute atomic E-state index is 12.3. The van der Waals surface area contributed by atoms with Crippen LogP contribution in [0.15, 0.2) is 42.5 Å². The Balaban J connectivity index is 1.54. The van der Waals surface area contributed by atoms with E-state index in [0.717, 1.165) is 18.7 Å². The van der Waals surface area contributed by atoms with Crippen LogP contribution in [0.2, 0.25) is 0 Å². The first-order chi connectivity index (χ1) is 12.5. The quantitative estimate of drug-likeness (QED) is 0.668. The molecule has 0 radical (unpaired) electrons. The zero-order valence-electron chi connectivity index (χ0n) is 15.1. The third-order valence-corrected chi connectivity index (χ3v) is 4.18. The van der Waals surface area contributed by atoms with E-state index in [2.05, 4.69) is 33.4 Å². The van der Waals surface area contributed by atoms with Gasteiger partial charge in [-0.15, -0.1) is 0 Å². The van der Waals surface area contributed by atoms with Crippen LogP contribution in [0.3, 0.4) is 0 Å². The third-order valence-electron chi connectivity index (χ3n) is 4.18. The average Bonchev–Trinajstić information content (AvgIpc) is 3.07. The molecule has 0 aliphatic carbocycles. The number of urea groups is 1. The standard InChI is InChI=1S/C20H24N4O2/c1-13(2)23-20(26)24-18-7-5-15(6-8-18)19(25)22-10-14-3-4-16-11-21-12-17(16)9-14/h3-9,13,21H,10-12H2,1-2H3,(H,22,25)(H2,23,24,26). The molecule has 0 fully saturated rings. The predicted octanol–water partition coefficient (Wildman–Crippen LogP) is 2.75. The summed E-state index contributed by atoms with van der Waals surface area (Å²) in [5, 5.41) is 11.7. The summed E-state index contributed by atoms with van der Waals surface area (Å²) in [6.45, 7) is 6.07. The maximum atomic E-state index is 12.3. The smallest absolute Gasteiger partial charge is 0.319 e. The van der Waals surface area contributed by atoms with Gasteiger partial charge in [-0.2, -0.15) is 0 Å². The summed E-state index contributed by atoms with van der Waals surface area (Å²) < 4.78 is 0. The molecule has 4 N–H and O–H groups in total. The van der Waals surface area contributed by atoms with E-state index < -0.39 is 0 Å². The summed E-state index contributed by atoms with van der Waals surface area (Å²) >= 11 is 0. The molecule has 26 heavy (non-hydrogen) atoms. The van der Waals surface area contributed by atoms with E-state index in [1.165, 1.54) is 11.1 Å². The summed E-state index contributed by atoms with van der Waals surface area (Å²) in [6.07, 6.45) is 0. The van der Waals surface area contributed by atoms with Crippen molar-refractivity contribution in [1.82, 2.24) is 16.0 Å². The summed E-state index contributed by atoms with van der Waals surface area (Å²) in [6, 6.07) is 12.9. The number of carbonyl (C=O) groups excluding carboxylic acids is 2. The molecule has 6 heteroatoms. The molecule has 1 aliphatic rings. The Hall–Kier alpha value is -2.86. The normalized spacial score (nSPS) is 12.6. The van der Waals surface area contributed by atoms with Crippen LogP contribution >= 0.6 is 0 Å². The van der Waals surface area contributed by atoms with Gasteiger partial charge >= 0.3 is 6.03 Å². The van der Waals surface area contributed by atoms with Gasteiger partial charge in [-0.3, -0.25) is 4.79 Å². The number of hydrogen-bond donors (Lipinski definition) is 4. The minimum absolute atomic E-state index is 0.0649. The molecule has 2 aromatic rings. The molecule has 0 unspecified atom stereocenters. The Morgan fingerprint density at radius 1 is 1.04 bits per heavy atom. The number of nitrogens with one attached hydrogen (secondary N) is 4. The average molecular weight is 352 g/mol. The Morgan fingerprint density at radius 2 is 1.77 bits per heavy atom. The fraction of sp³-hybridized carbons (Fsp3) is 0.300. The van der Waals surface area contributed by atoms with Crippen LogP contribution in [0.4, 0.5) is 10.5 Å². The van der Waals surface area contributed by atoms with Crippen molar-refractivity contribution >= 4 is 17.6 Å². The summed E-state index contributed by atoms with van der Waals surface area (Å²) in [5.74, 6) is -0.137.